The maximum Gasteiger partial charge on any atom is 0.340 e. The normalized spacial score (nSPS) is 10.4. The van der Waals surface area contributed by atoms with E-state index in [9.17, 15) is 9.59 Å². The number of thiazole rings is 1. The van der Waals surface area contributed by atoms with E-state index < -0.39 is 5.97 Å². The third-order valence-corrected chi connectivity index (χ3v) is 5.17. The Morgan fingerprint density at radius 3 is 2.65 bits per heavy atom. The molecule has 3 aromatic rings. The van der Waals surface area contributed by atoms with Crippen molar-refractivity contribution in [3.8, 4) is 5.75 Å². The van der Waals surface area contributed by atoms with Crippen molar-refractivity contribution in [2.75, 3.05) is 30.5 Å². The van der Waals surface area contributed by atoms with Crippen LogP contribution in [0, 0.1) is 0 Å². The Bertz CT molecular complexity index is 1050. The lowest BCUT2D eigenvalue weighted by atomic mass is 10.2. The Balaban J connectivity index is 1.74. The molecule has 0 saturated heterocycles. The van der Waals surface area contributed by atoms with Gasteiger partial charge in [-0.2, -0.15) is 0 Å². The van der Waals surface area contributed by atoms with Crippen LogP contribution < -0.4 is 15.0 Å². The second kappa shape index (κ2) is 10.6. The van der Waals surface area contributed by atoms with Crippen molar-refractivity contribution >= 4 is 39.7 Å². The minimum absolute atomic E-state index is 0.0403. The van der Waals surface area contributed by atoms with Crippen LogP contribution in [0.5, 0.6) is 5.75 Å². The van der Waals surface area contributed by atoms with E-state index in [4.69, 9.17) is 14.6 Å². The van der Waals surface area contributed by atoms with E-state index in [1.807, 2.05) is 12.1 Å². The molecule has 1 amide bonds. The van der Waals surface area contributed by atoms with Gasteiger partial charge < -0.3 is 19.9 Å². The maximum absolute atomic E-state index is 12.5. The quantitative estimate of drug-likeness (QED) is 0.489. The van der Waals surface area contributed by atoms with Gasteiger partial charge in [0.15, 0.2) is 5.13 Å². The number of ether oxygens (including phenoxy) is 2. The highest BCUT2D eigenvalue weighted by Gasteiger charge is 2.21. The van der Waals surface area contributed by atoms with Crippen molar-refractivity contribution in [1.82, 2.24) is 4.98 Å². The summed E-state index contributed by atoms with van der Waals surface area (Å²) in [6, 6.07) is 14.1. The molecule has 1 heterocycles. The number of hydrogen-bond acceptors (Lipinski definition) is 8. The van der Waals surface area contributed by atoms with Gasteiger partial charge in [-0.15, -0.1) is 11.3 Å². The van der Waals surface area contributed by atoms with Gasteiger partial charge in [0.25, 0.3) is 0 Å². The lowest BCUT2D eigenvalue weighted by molar-refractivity contribution is -0.115. The number of rotatable bonds is 9. The number of aliphatic hydroxyl groups is 1. The number of benzene rings is 2. The summed E-state index contributed by atoms with van der Waals surface area (Å²) < 4.78 is 10.8. The molecule has 2 aromatic carbocycles. The smallest absolute Gasteiger partial charge is 0.340 e. The summed E-state index contributed by atoms with van der Waals surface area (Å²) >= 11 is 1.27. The second-order valence-electron chi connectivity index (χ2n) is 6.42. The van der Waals surface area contributed by atoms with E-state index in [0.717, 1.165) is 0 Å². The highest BCUT2D eigenvalue weighted by Crippen LogP contribution is 2.35. The number of nitrogens with zero attached hydrogens (tertiary/aromatic N) is 2. The van der Waals surface area contributed by atoms with Crippen LogP contribution in [0.25, 0.3) is 0 Å². The number of amides is 1. The average Bonchev–Trinajstić information content (AvgIpc) is 3.24. The van der Waals surface area contributed by atoms with E-state index in [0.29, 0.717) is 40.1 Å². The molecule has 0 fully saturated rings. The van der Waals surface area contributed by atoms with E-state index in [2.05, 4.69) is 10.3 Å². The fourth-order valence-electron chi connectivity index (χ4n) is 2.91. The second-order valence-corrected chi connectivity index (χ2v) is 7.26. The molecule has 0 radical (unpaired) electrons. The molecular weight excluding hydrogens is 418 g/mol. The Morgan fingerprint density at radius 2 is 1.90 bits per heavy atom. The molecule has 0 saturated carbocycles. The zero-order chi connectivity index (χ0) is 22.2. The first kappa shape index (κ1) is 22.3. The molecule has 8 nitrogen and oxygen atoms in total. The maximum atomic E-state index is 12.5. The van der Waals surface area contributed by atoms with Gasteiger partial charge in [-0.05, 0) is 24.3 Å². The molecule has 0 aliphatic rings. The van der Waals surface area contributed by atoms with E-state index in [1.165, 1.54) is 30.3 Å². The predicted octanol–water partition coefficient (Wildman–Crippen LogP) is 3.60. The molecule has 0 aliphatic heterocycles. The molecule has 0 bridgehead atoms. The fourth-order valence-corrected chi connectivity index (χ4v) is 3.77. The van der Waals surface area contributed by atoms with Gasteiger partial charge in [-0.1, -0.05) is 24.3 Å². The molecule has 9 heteroatoms. The Morgan fingerprint density at radius 1 is 1.16 bits per heavy atom. The molecule has 0 unspecified atom stereocenters. The van der Waals surface area contributed by atoms with Crippen LogP contribution in [0.4, 0.5) is 16.5 Å². The molecule has 3 rings (SSSR count). The number of carbonyl (C=O) groups is 2. The SMILES string of the molecule is COc1ccccc1N(C(C)=O)c1nc(COC(=O)c2ccccc2NCCO)cs1. The van der Waals surface area contributed by atoms with E-state index in [1.54, 1.807) is 41.8 Å². The summed E-state index contributed by atoms with van der Waals surface area (Å²) in [5.41, 5.74) is 2.06. The number of hydrogen-bond donors (Lipinski definition) is 2. The van der Waals surface area contributed by atoms with E-state index in [-0.39, 0.29) is 19.1 Å². The third kappa shape index (κ3) is 5.39. The van der Waals surface area contributed by atoms with Gasteiger partial charge in [0.2, 0.25) is 5.91 Å². The van der Waals surface area contributed by atoms with E-state index >= 15 is 0 Å². The van der Waals surface area contributed by atoms with Gasteiger partial charge in [-0.25, -0.2) is 9.78 Å². The van der Waals surface area contributed by atoms with Gasteiger partial charge in [0.05, 0.1) is 30.7 Å². The minimum Gasteiger partial charge on any atom is -0.495 e. The number of carbonyl (C=O) groups excluding carboxylic acids is 2. The van der Waals surface area contributed by atoms with Crippen molar-refractivity contribution in [2.24, 2.45) is 0 Å². The van der Waals surface area contributed by atoms with Crippen molar-refractivity contribution in [3.05, 3.63) is 65.2 Å². The zero-order valence-corrected chi connectivity index (χ0v) is 18.0. The van der Waals surface area contributed by atoms with Crippen LogP contribution in [0.15, 0.2) is 53.9 Å². The van der Waals surface area contributed by atoms with Gasteiger partial charge in [0, 0.05) is 24.5 Å². The van der Waals surface area contributed by atoms with Crippen LogP contribution in [0.3, 0.4) is 0 Å². The summed E-state index contributed by atoms with van der Waals surface area (Å²) in [4.78, 5) is 30.8. The lowest BCUT2D eigenvalue weighted by Gasteiger charge is -2.20. The standard InChI is InChI=1S/C22H23N3O5S/c1-15(27)25(19-9-5-6-10-20(19)29-2)22-24-16(14-31-22)13-30-21(28)17-7-3-4-8-18(17)23-11-12-26/h3-10,14,23,26H,11-13H2,1-2H3. The van der Waals surface area contributed by atoms with Crippen molar-refractivity contribution in [3.63, 3.8) is 0 Å². The molecule has 162 valence electrons. The molecular formula is C22H23N3O5S. The lowest BCUT2D eigenvalue weighted by Crippen LogP contribution is -2.23. The number of aliphatic hydroxyl groups excluding tert-OH is 1. The highest BCUT2D eigenvalue weighted by molar-refractivity contribution is 7.14. The van der Waals surface area contributed by atoms with Crippen molar-refractivity contribution in [1.29, 1.82) is 0 Å². The van der Waals surface area contributed by atoms with Crippen LogP contribution in [-0.2, 0) is 16.1 Å². The topological polar surface area (TPSA) is 101 Å². The number of esters is 1. The van der Waals surface area contributed by atoms with Gasteiger partial charge >= 0.3 is 5.97 Å². The first-order valence-corrected chi connectivity index (χ1v) is 10.4. The Kier molecular flexibility index (Phi) is 7.58. The zero-order valence-electron chi connectivity index (χ0n) is 17.2. The van der Waals surface area contributed by atoms with Crippen LogP contribution in [-0.4, -0.2) is 42.2 Å². The van der Waals surface area contributed by atoms with Crippen molar-refractivity contribution in [2.45, 2.75) is 13.5 Å². The Hall–Kier alpha value is -3.43. The number of aromatic nitrogens is 1. The van der Waals surface area contributed by atoms with Crippen LogP contribution in [0.1, 0.15) is 23.0 Å². The van der Waals surface area contributed by atoms with Gasteiger partial charge in [-0.3, -0.25) is 9.69 Å². The van der Waals surface area contributed by atoms with Crippen LogP contribution in [0.2, 0.25) is 0 Å². The molecule has 1 aromatic heterocycles. The molecule has 0 atom stereocenters. The number of nitrogens with one attached hydrogen (secondary N) is 1. The fraction of sp³-hybridized carbons (Fsp3) is 0.227. The molecule has 0 spiro atoms. The highest BCUT2D eigenvalue weighted by atomic mass is 32.1. The first-order valence-electron chi connectivity index (χ1n) is 9.54. The van der Waals surface area contributed by atoms with Crippen molar-refractivity contribution < 1.29 is 24.2 Å². The predicted molar refractivity (Wildman–Crippen MR) is 119 cm³/mol. The summed E-state index contributed by atoms with van der Waals surface area (Å²) in [6.45, 7) is 1.68. The number of anilines is 3. The summed E-state index contributed by atoms with van der Waals surface area (Å²) in [6.07, 6.45) is 0. The summed E-state index contributed by atoms with van der Waals surface area (Å²) in [5.74, 6) is -0.178. The third-order valence-electron chi connectivity index (χ3n) is 4.30. The molecule has 31 heavy (non-hydrogen) atoms. The molecule has 2 N–H and O–H groups in total. The minimum atomic E-state index is -0.510. The van der Waals surface area contributed by atoms with Gasteiger partial charge in [0.1, 0.15) is 12.4 Å². The summed E-state index contributed by atoms with van der Waals surface area (Å²) in [5, 5.41) is 14.2. The Labute approximate surface area is 184 Å². The first-order chi connectivity index (χ1) is 15.0. The molecule has 0 aliphatic carbocycles. The number of para-hydroxylation sites is 3. The summed E-state index contributed by atoms with van der Waals surface area (Å²) in [7, 11) is 1.54. The van der Waals surface area contributed by atoms with Crippen LogP contribution >= 0.6 is 11.3 Å². The number of methoxy groups -OCH3 is 1. The monoisotopic (exact) mass is 441 g/mol. The average molecular weight is 442 g/mol. The largest absolute Gasteiger partial charge is 0.495 e.